The van der Waals surface area contributed by atoms with Gasteiger partial charge in [0, 0.05) is 6.42 Å². The Hall–Kier alpha value is -1.10. The normalized spacial score (nSPS) is 12.6. The Morgan fingerprint density at radius 1 is 1.46 bits per heavy atom. The SMILES string of the molecule is CC(C)C[C@H]([NH3+])C(=O)NCC(N)=O. The molecule has 0 aromatic heterocycles. The van der Waals surface area contributed by atoms with Gasteiger partial charge in [-0.25, -0.2) is 0 Å². The Morgan fingerprint density at radius 3 is 2.38 bits per heavy atom. The minimum absolute atomic E-state index is 0.108. The average molecular weight is 188 g/mol. The molecule has 0 radical (unpaired) electrons. The second-order valence-electron chi connectivity index (χ2n) is 3.51. The lowest BCUT2D eigenvalue weighted by Gasteiger charge is -2.10. The largest absolute Gasteiger partial charge is 0.368 e. The molecule has 0 unspecified atom stereocenters. The number of nitrogens with one attached hydrogen (secondary N) is 1. The van der Waals surface area contributed by atoms with E-state index < -0.39 is 5.91 Å². The number of nitrogens with two attached hydrogens (primary N) is 1. The molecular formula is C8H18N3O2+. The van der Waals surface area contributed by atoms with E-state index in [0.717, 1.165) is 0 Å². The molecule has 0 spiro atoms. The monoisotopic (exact) mass is 188 g/mol. The van der Waals surface area contributed by atoms with Gasteiger partial charge in [0.2, 0.25) is 5.91 Å². The Bertz CT molecular complexity index is 192. The van der Waals surface area contributed by atoms with Gasteiger partial charge in [-0.1, -0.05) is 13.8 Å². The summed E-state index contributed by atoms with van der Waals surface area (Å²) in [7, 11) is 0. The summed E-state index contributed by atoms with van der Waals surface area (Å²) in [5.74, 6) is -0.334. The molecule has 0 heterocycles. The number of rotatable bonds is 5. The fourth-order valence-electron chi connectivity index (χ4n) is 0.995. The summed E-state index contributed by atoms with van der Waals surface area (Å²) in [5, 5.41) is 2.41. The van der Waals surface area contributed by atoms with Crippen molar-refractivity contribution >= 4 is 11.8 Å². The van der Waals surface area contributed by atoms with Crippen LogP contribution in [0.1, 0.15) is 20.3 Å². The zero-order chi connectivity index (χ0) is 10.4. The van der Waals surface area contributed by atoms with Gasteiger partial charge in [0.05, 0.1) is 6.54 Å². The van der Waals surface area contributed by atoms with Crippen molar-refractivity contribution in [1.29, 1.82) is 0 Å². The van der Waals surface area contributed by atoms with Crippen LogP contribution in [0.15, 0.2) is 0 Å². The minimum atomic E-state index is -0.537. The molecule has 1 atom stereocenters. The van der Waals surface area contributed by atoms with Crippen LogP contribution in [-0.4, -0.2) is 24.4 Å². The molecule has 0 aromatic carbocycles. The van der Waals surface area contributed by atoms with Crippen LogP contribution in [0.3, 0.4) is 0 Å². The third-order valence-electron chi connectivity index (χ3n) is 1.56. The van der Waals surface area contributed by atoms with E-state index in [1.54, 1.807) is 0 Å². The smallest absolute Gasteiger partial charge is 0.278 e. The molecule has 5 heteroatoms. The van der Waals surface area contributed by atoms with Crippen LogP contribution < -0.4 is 16.8 Å². The molecule has 5 nitrogen and oxygen atoms in total. The molecule has 2 amide bonds. The Kier molecular flexibility index (Phi) is 5.06. The van der Waals surface area contributed by atoms with Gasteiger partial charge in [-0.05, 0) is 5.92 Å². The molecule has 76 valence electrons. The van der Waals surface area contributed by atoms with Gasteiger partial charge in [-0.15, -0.1) is 0 Å². The first kappa shape index (κ1) is 11.9. The fraction of sp³-hybridized carbons (Fsp3) is 0.750. The minimum Gasteiger partial charge on any atom is -0.368 e. The van der Waals surface area contributed by atoms with E-state index in [2.05, 4.69) is 11.1 Å². The molecular weight excluding hydrogens is 170 g/mol. The van der Waals surface area contributed by atoms with Crippen LogP contribution in [0.2, 0.25) is 0 Å². The molecule has 6 N–H and O–H groups in total. The number of primary amides is 1. The summed E-state index contributed by atoms with van der Waals surface area (Å²) in [6, 6.07) is -0.306. The number of hydrogen-bond acceptors (Lipinski definition) is 2. The predicted molar refractivity (Wildman–Crippen MR) is 48.3 cm³/mol. The highest BCUT2D eigenvalue weighted by molar-refractivity contribution is 5.85. The maximum Gasteiger partial charge on any atom is 0.278 e. The van der Waals surface area contributed by atoms with Crippen LogP contribution in [0.5, 0.6) is 0 Å². The van der Waals surface area contributed by atoms with Crippen molar-refractivity contribution in [3.05, 3.63) is 0 Å². The zero-order valence-electron chi connectivity index (χ0n) is 8.17. The molecule has 0 bridgehead atoms. The van der Waals surface area contributed by atoms with E-state index in [1.165, 1.54) is 0 Å². The number of carbonyl (C=O) groups excluding carboxylic acids is 2. The molecule has 0 aliphatic carbocycles. The van der Waals surface area contributed by atoms with Gasteiger partial charge in [0.1, 0.15) is 0 Å². The zero-order valence-corrected chi connectivity index (χ0v) is 8.17. The summed E-state index contributed by atoms with van der Waals surface area (Å²) in [6.07, 6.45) is 0.713. The number of hydrogen-bond donors (Lipinski definition) is 3. The second-order valence-corrected chi connectivity index (χ2v) is 3.51. The van der Waals surface area contributed by atoms with E-state index in [9.17, 15) is 9.59 Å². The highest BCUT2D eigenvalue weighted by atomic mass is 16.2. The standard InChI is InChI=1S/C8H17N3O2/c1-5(2)3-6(9)8(13)11-4-7(10)12/h5-6H,3-4,9H2,1-2H3,(H2,10,12)(H,11,13)/p+1/t6-/m0/s1. The van der Waals surface area contributed by atoms with Gasteiger partial charge >= 0.3 is 0 Å². The van der Waals surface area contributed by atoms with E-state index in [0.29, 0.717) is 12.3 Å². The molecule has 0 saturated heterocycles. The highest BCUT2D eigenvalue weighted by Crippen LogP contribution is 2.00. The maximum absolute atomic E-state index is 11.2. The van der Waals surface area contributed by atoms with Gasteiger partial charge in [0.15, 0.2) is 6.04 Å². The summed E-state index contributed by atoms with van der Waals surface area (Å²) >= 11 is 0. The number of amides is 2. The fourth-order valence-corrected chi connectivity index (χ4v) is 0.995. The molecule has 0 aromatic rings. The summed E-state index contributed by atoms with van der Waals surface area (Å²) in [6.45, 7) is 3.92. The lowest BCUT2D eigenvalue weighted by molar-refractivity contribution is -0.406. The van der Waals surface area contributed by atoms with Crippen molar-refractivity contribution in [2.24, 2.45) is 11.7 Å². The van der Waals surface area contributed by atoms with Crippen LogP contribution in [-0.2, 0) is 9.59 Å². The van der Waals surface area contributed by atoms with E-state index in [-0.39, 0.29) is 18.5 Å². The van der Waals surface area contributed by atoms with Crippen LogP contribution in [0.25, 0.3) is 0 Å². The second kappa shape index (κ2) is 5.53. The van der Waals surface area contributed by atoms with Crippen LogP contribution in [0.4, 0.5) is 0 Å². The highest BCUT2D eigenvalue weighted by Gasteiger charge is 2.18. The topological polar surface area (TPSA) is 99.8 Å². The maximum atomic E-state index is 11.2. The van der Waals surface area contributed by atoms with Crippen LogP contribution >= 0.6 is 0 Å². The van der Waals surface area contributed by atoms with Crippen molar-refractivity contribution in [1.82, 2.24) is 5.32 Å². The van der Waals surface area contributed by atoms with Crippen molar-refractivity contribution in [3.63, 3.8) is 0 Å². The van der Waals surface area contributed by atoms with Gasteiger partial charge in [-0.3, -0.25) is 9.59 Å². The lowest BCUT2D eigenvalue weighted by atomic mass is 10.0. The molecule has 0 aliphatic rings. The average Bonchev–Trinajstić information content (AvgIpc) is 1.98. The van der Waals surface area contributed by atoms with Crippen molar-refractivity contribution in [2.45, 2.75) is 26.3 Å². The Balaban J connectivity index is 3.76. The Morgan fingerprint density at radius 2 is 2.00 bits per heavy atom. The van der Waals surface area contributed by atoms with Crippen molar-refractivity contribution < 1.29 is 15.3 Å². The lowest BCUT2D eigenvalue weighted by Crippen LogP contribution is -2.68. The third-order valence-corrected chi connectivity index (χ3v) is 1.56. The van der Waals surface area contributed by atoms with Crippen LogP contribution in [0, 0.1) is 5.92 Å². The number of carbonyl (C=O) groups is 2. The predicted octanol–water partition coefficient (Wildman–Crippen LogP) is -1.76. The summed E-state index contributed by atoms with van der Waals surface area (Å²) < 4.78 is 0. The quantitative estimate of drug-likeness (QED) is 0.476. The van der Waals surface area contributed by atoms with E-state index in [4.69, 9.17) is 5.73 Å². The molecule has 0 fully saturated rings. The van der Waals surface area contributed by atoms with E-state index in [1.807, 2.05) is 13.8 Å². The third kappa shape index (κ3) is 6.10. The molecule has 13 heavy (non-hydrogen) atoms. The first-order chi connectivity index (χ1) is 5.93. The molecule has 0 saturated carbocycles. The summed E-state index contributed by atoms with van der Waals surface area (Å²) in [5.41, 5.74) is 8.56. The van der Waals surface area contributed by atoms with Gasteiger partial charge < -0.3 is 16.8 Å². The van der Waals surface area contributed by atoms with Crippen molar-refractivity contribution in [3.8, 4) is 0 Å². The van der Waals surface area contributed by atoms with Gasteiger partial charge in [-0.2, -0.15) is 0 Å². The number of quaternary nitrogens is 1. The molecule has 0 rings (SSSR count). The van der Waals surface area contributed by atoms with Gasteiger partial charge in [0.25, 0.3) is 5.91 Å². The van der Waals surface area contributed by atoms with E-state index >= 15 is 0 Å². The first-order valence-electron chi connectivity index (χ1n) is 4.32. The Labute approximate surface area is 77.8 Å². The molecule has 0 aliphatic heterocycles. The summed E-state index contributed by atoms with van der Waals surface area (Å²) in [4.78, 5) is 21.5. The van der Waals surface area contributed by atoms with Crippen molar-refractivity contribution in [2.75, 3.05) is 6.54 Å². The first-order valence-corrected chi connectivity index (χ1v) is 4.32.